The Bertz CT molecular complexity index is 307. The Labute approximate surface area is 85.1 Å². The first-order chi connectivity index (χ1) is 6.47. The fourth-order valence-electron chi connectivity index (χ4n) is 1.38. The number of halogens is 1. The molecule has 0 aliphatic rings. The molecule has 0 fully saturated rings. The summed E-state index contributed by atoms with van der Waals surface area (Å²) in [6, 6.07) is 7.53. The highest BCUT2D eigenvalue weighted by atomic mass is 19.1. The van der Waals surface area contributed by atoms with Gasteiger partial charge in [-0.1, -0.05) is 43.7 Å². The molecular formula is C12H18FN. The van der Waals surface area contributed by atoms with Crippen LogP contribution in [-0.2, 0) is 0 Å². The molecule has 14 heavy (non-hydrogen) atoms. The smallest absolute Gasteiger partial charge is 0.131 e. The Morgan fingerprint density at radius 1 is 1.43 bits per heavy atom. The predicted molar refractivity (Wildman–Crippen MR) is 57.9 cm³/mol. The number of nitrogens with two attached hydrogens (primary N) is 1. The van der Waals surface area contributed by atoms with Crippen LogP contribution in [0.3, 0.4) is 0 Å². The summed E-state index contributed by atoms with van der Waals surface area (Å²) in [6.07, 6.45) is -0.993. The summed E-state index contributed by atoms with van der Waals surface area (Å²) in [6.45, 7) is 6.01. The molecule has 2 heteroatoms. The zero-order valence-electron chi connectivity index (χ0n) is 9.05. The van der Waals surface area contributed by atoms with Crippen molar-refractivity contribution >= 4 is 0 Å². The molecule has 1 atom stereocenters. The first kappa shape index (κ1) is 11.2. The lowest BCUT2D eigenvalue weighted by molar-refractivity contribution is 0.153. The summed E-state index contributed by atoms with van der Waals surface area (Å²) in [5, 5.41) is 0. The van der Waals surface area contributed by atoms with Crippen molar-refractivity contribution in [3.05, 3.63) is 35.4 Å². The van der Waals surface area contributed by atoms with E-state index in [2.05, 4.69) is 0 Å². The second kappa shape index (κ2) is 4.09. The van der Waals surface area contributed by atoms with Gasteiger partial charge in [0.1, 0.15) is 6.17 Å². The van der Waals surface area contributed by atoms with Crippen molar-refractivity contribution in [3.63, 3.8) is 0 Å². The molecule has 0 aliphatic heterocycles. The van der Waals surface area contributed by atoms with Gasteiger partial charge in [-0.15, -0.1) is 0 Å². The lowest BCUT2D eigenvalue weighted by Gasteiger charge is -2.27. The van der Waals surface area contributed by atoms with E-state index in [0.717, 1.165) is 11.1 Å². The van der Waals surface area contributed by atoms with Crippen molar-refractivity contribution in [1.29, 1.82) is 0 Å². The molecule has 0 bridgehead atoms. The normalized spacial score (nSPS) is 14.1. The van der Waals surface area contributed by atoms with Gasteiger partial charge in [0, 0.05) is 12.0 Å². The van der Waals surface area contributed by atoms with Gasteiger partial charge in [-0.05, 0) is 12.5 Å². The van der Waals surface area contributed by atoms with Crippen LogP contribution in [0, 0.1) is 12.3 Å². The van der Waals surface area contributed by atoms with Gasteiger partial charge in [0.05, 0.1) is 0 Å². The van der Waals surface area contributed by atoms with Crippen LogP contribution in [0.25, 0.3) is 0 Å². The number of hydrogen-bond donors (Lipinski definition) is 1. The summed E-state index contributed by atoms with van der Waals surface area (Å²) < 4.78 is 14.0. The molecule has 0 saturated carbocycles. The van der Waals surface area contributed by atoms with Crippen molar-refractivity contribution in [1.82, 2.24) is 0 Å². The molecule has 1 rings (SSSR count). The highest BCUT2D eigenvalue weighted by Crippen LogP contribution is 2.35. The quantitative estimate of drug-likeness (QED) is 0.788. The number of rotatable bonds is 3. The minimum absolute atomic E-state index is 0.349. The van der Waals surface area contributed by atoms with Crippen LogP contribution in [0.4, 0.5) is 4.39 Å². The van der Waals surface area contributed by atoms with Crippen LogP contribution in [0.15, 0.2) is 24.3 Å². The maximum absolute atomic E-state index is 14.0. The Morgan fingerprint density at radius 3 is 2.57 bits per heavy atom. The van der Waals surface area contributed by atoms with Crippen LogP contribution in [0.2, 0.25) is 0 Å². The molecule has 1 aromatic carbocycles. The first-order valence-corrected chi connectivity index (χ1v) is 4.88. The molecule has 0 aromatic heterocycles. The van der Waals surface area contributed by atoms with Gasteiger partial charge in [-0.3, -0.25) is 0 Å². The Kier molecular flexibility index (Phi) is 3.27. The maximum atomic E-state index is 14.0. The van der Waals surface area contributed by atoms with Crippen LogP contribution in [0.1, 0.15) is 31.1 Å². The summed E-state index contributed by atoms with van der Waals surface area (Å²) in [7, 11) is 0. The number of benzene rings is 1. The molecule has 0 spiro atoms. The van der Waals surface area contributed by atoms with Crippen molar-refractivity contribution < 1.29 is 4.39 Å². The zero-order valence-corrected chi connectivity index (χ0v) is 9.05. The van der Waals surface area contributed by atoms with Gasteiger partial charge in [-0.25, -0.2) is 4.39 Å². The predicted octanol–water partition coefficient (Wildman–Crippen LogP) is 2.99. The number of aryl methyl sites for hydroxylation is 1. The number of alkyl halides is 1. The summed E-state index contributed by atoms with van der Waals surface area (Å²) in [5.74, 6) is 0. The minimum atomic E-state index is -0.993. The topological polar surface area (TPSA) is 26.0 Å². The third-order valence-electron chi connectivity index (χ3n) is 2.55. The monoisotopic (exact) mass is 195 g/mol. The van der Waals surface area contributed by atoms with Crippen molar-refractivity contribution in [2.45, 2.75) is 26.9 Å². The second-order valence-electron chi connectivity index (χ2n) is 4.47. The minimum Gasteiger partial charge on any atom is -0.330 e. The zero-order chi connectivity index (χ0) is 10.8. The van der Waals surface area contributed by atoms with Crippen molar-refractivity contribution in [2.75, 3.05) is 6.54 Å². The third kappa shape index (κ3) is 2.32. The van der Waals surface area contributed by atoms with E-state index in [1.54, 1.807) is 0 Å². The highest BCUT2D eigenvalue weighted by molar-refractivity contribution is 5.25. The van der Waals surface area contributed by atoms with Gasteiger partial charge in [0.15, 0.2) is 0 Å². The Balaban J connectivity index is 2.94. The molecule has 0 saturated heterocycles. The van der Waals surface area contributed by atoms with Crippen LogP contribution in [-0.4, -0.2) is 6.54 Å². The first-order valence-electron chi connectivity index (χ1n) is 4.88. The molecule has 1 unspecified atom stereocenters. The molecule has 1 aromatic rings. The average molecular weight is 195 g/mol. The maximum Gasteiger partial charge on any atom is 0.131 e. The van der Waals surface area contributed by atoms with E-state index in [9.17, 15) is 4.39 Å². The molecule has 0 aliphatic carbocycles. The molecule has 1 nitrogen and oxygen atoms in total. The number of hydrogen-bond acceptors (Lipinski definition) is 1. The molecule has 0 radical (unpaired) electrons. The van der Waals surface area contributed by atoms with Crippen molar-refractivity contribution in [3.8, 4) is 0 Å². The summed E-state index contributed by atoms with van der Waals surface area (Å²) >= 11 is 0. The fourth-order valence-corrected chi connectivity index (χ4v) is 1.38. The highest BCUT2D eigenvalue weighted by Gasteiger charge is 2.29. The SMILES string of the molecule is Cc1cccc(C(F)C(C)(C)CN)c1. The van der Waals surface area contributed by atoms with E-state index in [-0.39, 0.29) is 0 Å². The van der Waals surface area contributed by atoms with E-state index >= 15 is 0 Å². The summed E-state index contributed by atoms with van der Waals surface area (Å²) in [4.78, 5) is 0. The lowest BCUT2D eigenvalue weighted by Crippen LogP contribution is -2.28. The largest absolute Gasteiger partial charge is 0.330 e. The Hall–Kier alpha value is -0.890. The van der Waals surface area contributed by atoms with E-state index in [4.69, 9.17) is 5.73 Å². The van der Waals surface area contributed by atoms with Gasteiger partial charge < -0.3 is 5.73 Å². The van der Waals surface area contributed by atoms with E-state index < -0.39 is 11.6 Å². The van der Waals surface area contributed by atoms with Gasteiger partial charge in [-0.2, -0.15) is 0 Å². The summed E-state index contributed by atoms with van der Waals surface area (Å²) in [5.41, 5.74) is 6.85. The van der Waals surface area contributed by atoms with E-state index in [0.29, 0.717) is 6.54 Å². The van der Waals surface area contributed by atoms with E-state index in [1.807, 2.05) is 45.0 Å². The molecule has 0 heterocycles. The molecule has 78 valence electrons. The standard InChI is InChI=1S/C12H18FN/c1-9-5-4-6-10(7-9)11(13)12(2,3)8-14/h4-7,11H,8,14H2,1-3H3. The second-order valence-corrected chi connectivity index (χ2v) is 4.47. The van der Waals surface area contributed by atoms with Gasteiger partial charge >= 0.3 is 0 Å². The van der Waals surface area contributed by atoms with Crippen LogP contribution < -0.4 is 5.73 Å². The molecule has 2 N–H and O–H groups in total. The average Bonchev–Trinajstić information content (AvgIpc) is 2.16. The molecular weight excluding hydrogens is 177 g/mol. The van der Waals surface area contributed by atoms with E-state index in [1.165, 1.54) is 0 Å². The third-order valence-corrected chi connectivity index (χ3v) is 2.55. The van der Waals surface area contributed by atoms with Crippen LogP contribution >= 0.6 is 0 Å². The van der Waals surface area contributed by atoms with Crippen LogP contribution in [0.5, 0.6) is 0 Å². The lowest BCUT2D eigenvalue weighted by atomic mass is 9.83. The van der Waals surface area contributed by atoms with Gasteiger partial charge in [0.2, 0.25) is 0 Å². The molecule has 0 amide bonds. The fraction of sp³-hybridized carbons (Fsp3) is 0.500. The Morgan fingerprint density at radius 2 is 2.07 bits per heavy atom. The van der Waals surface area contributed by atoms with Crippen molar-refractivity contribution in [2.24, 2.45) is 11.1 Å². The van der Waals surface area contributed by atoms with Gasteiger partial charge in [0.25, 0.3) is 0 Å².